The molecule has 16 heavy (non-hydrogen) atoms. The maximum atomic E-state index is 5.95. The van der Waals surface area contributed by atoms with Gasteiger partial charge in [-0.25, -0.2) is 0 Å². The number of nitrogens with zero attached hydrogens (tertiary/aromatic N) is 1. The highest BCUT2D eigenvalue weighted by molar-refractivity contribution is 6.30. The van der Waals surface area contributed by atoms with Crippen LogP contribution in [0.5, 0.6) is 0 Å². The van der Waals surface area contributed by atoms with Crippen molar-refractivity contribution in [3.63, 3.8) is 0 Å². The maximum absolute atomic E-state index is 5.95. The van der Waals surface area contributed by atoms with Crippen LogP contribution in [0.4, 0.5) is 5.69 Å². The van der Waals surface area contributed by atoms with Crippen LogP contribution in [0.1, 0.15) is 25.8 Å². The number of benzene rings is 1. The summed E-state index contributed by atoms with van der Waals surface area (Å²) >= 11 is 11.9. The van der Waals surface area contributed by atoms with Crippen LogP contribution in [-0.2, 0) is 5.88 Å². The van der Waals surface area contributed by atoms with Crippen LogP contribution in [0.2, 0.25) is 5.02 Å². The minimum absolute atomic E-state index is 0.502. The molecule has 0 aliphatic heterocycles. The van der Waals surface area contributed by atoms with Crippen molar-refractivity contribution < 1.29 is 0 Å². The van der Waals surface area contributed by atoms with E-state index in [1.165, 1.54) is 12.1 Å². The fraction of sp³-hybridized carbons (Fsp3) is 0.538. The molecule has 0 aliphatic rings. The first-order chi connectivity index (χ1) is 7.54. The van der Waals surface area contributed by atoms with Crippen molar-refractivity contribution in [2.24, 2.45) is 5.92 Å². The van der Waals surface area contributed by atoms with Gasteiger partial charge in [0, 0.05) is 30.2 Å². The zero-order valence-corrected chi connectivity index (χ0v) is 11.6. The summed E-state index contributed by atoms with van der Waals surface area (Å²) in [5.74, 6) is 1.22. The number of hydrogen-bond donors (Lipinski definition) is 0. The Kier molecular flexibility index (Phi) is 5.43. The lowest BCUT2D eigenvalue weighted by Gasteiger charge is -2.23. The average Bonchev–Trinajstić information content (AvgIpc) is 2.25. The van der Waals surface area contributed by atoms with E-state index in [1.807, 2.05) is 18.2 Å². The van der Waals surface area contributed by atoms with Crippen molar-refractivity contribution >= 4 is 28.9 Å². The fourth-order valence-electron chi connectivity index (χ4n) is 1.61. The molecule has 0 aromatic heterocycles. The van der Waals surface area contributed by atoms with Gasteiger partial charge in [-0.2, -0.15) is 0 Å². The van der Waals surface area contributed by atoms with Gasteiger partial charge < -0.3 is 4.90 Å². The molecule has 90 valence electrons. The Labute approximate surface area is 108 Å². The maximum Gasteiger partial charge on any atom is 0.0495 e. The molecule has 0 bridgehead atoms. The summed E-state index contributed by atoms with van der Waals surface area (Å²) in [5, 5.41) is 0.747. The van der Waals surface area contributed by atoms with Gasteiger partial charge in [0.1, 0.15) is 0 Å². The highest BCUT2D eigenvalue weighted by atomic mass is 35.5. The molecule has 0 amide bonds. The molecule has 1 aromatic carbocycles. The Bertz CT molecular complexity index is 337. The normalized spacial score (nSPS) is 10.9. The molecular weight excluding hydrogens is 241 g/mol. The molecule has 0 aliphatic carbocycles. The lowest BCUT2D eigenvalue weighted by molar-refractivity contribution is 0.585. The summed E-state index contributed by atoms with van der Waals surface area (Å²) in [7, 11) is 2.10. The molecular formula is C13H19Cl2N. The van der Waals surface area contributed by atoms with Crippen LogP contribution >= 0.6 is 23.2 Å². The van der Waals surface area contributed by atoms with Gasteiger partial charge in [-0.05, 0) is 36.1 Å². The lowest BCUT2D eigenvalue weighted by atomic mass is 10.1. The Balaban J connectivity index is 2.77. The van der Waals surface area contributed by atoms with Gasteiger partial charge in [0.2, 0.25) is 0 Å². The third-order valence-corrected chi connectivity index (χ3v) is 3.16. The zero-order valence-electron chi connectivity index (χ0n) is 10.1. The average molecular weight is 260 g/mol. The fourth-order valence-corrected chi connectivity index (χ4v) is 2.01. The highest BCUT2D eigenvalue weighted by Gasteiger charge is 2.08. The largest absolute Gasteiger partial charge is 0.374 e. The lowest BCUT2D eigenvalue weighted by Crippen LogP contribution is -2.21. The number of halogens is 2. The van der Waals surface area contributed by atoms with Crippen molar-refractivity contribution in [1.29, 1.82) is 0 Å². The summed E-state index contributed by atoms with van der Waals surface area (Å²) in [6, 6.07) is 5.90. The smallest absolute Gasteiger partial charge is 0.0495 e. The van der Waals surface area contributed by atoms with E-state index in [0.717, 1.165) is 17.1 Å². The first kappa shape index (κ1) is 13.7. The Morgan fingerprint density at radius 3 is 2.56 bits per heavy atom. The van der Waals surface area contributed by atoms with Gasteiger partial charge in [0.25, 0.3) is 0 Å². The molecule has 0 N–H and O–H groups in total. The van der Waals surface area contributed by atoms with E-state index in [9.17, 15) is 0 Å². The molecule has 3 heteroatoms. The van der Waals surface area contributed by atoms with Crippen molar-refractivity contribution in [2.75, 3.05) is 18.5 Å². The van der Waals surface area contributed by atoms with Crippen LogP contribution < -0.4 is 4.90 Å². The van der Waals surface area contributed by atoms with Gasteiger partial charge in [-0.15, -0.1) is 11.6 Å². The highest BCUT2D eigenvalue weighted by Crippen LogP contribution is 2.25. The number of anilines is 1. The van der Waals surface area contributed by atoms with Crippen LogP contribution in [0.3, 0.4) is 0 Å². The van der Waals surface area contributed by atoms with Crippen LogP contribution in [0, 0.1) is 5.92 Å². The first-order valence-corrected chi connectivity index (χ1v) is 6.51. The predicted molar refractivity (Wildman–Crippen MR) is 73.7 cm³/mol. The first-order valence-electron chi connectivity index (χ1n) is 5.60. The van der Waals surface area contributed by atoms with E-state index >= 15 is 0 Å². The standard InChI is InChI=1S/C13H19Cl2N/c1-10(2)6-7-16(3)13-5-4-12(15)8-11(13)9-14/h4-5,8,10H,6-7,9H2,1-3H3. The SMILES string of the molecule is CC(C)CCN(C)c1ccc(Cl)cc1CCl. The summed E-state index contributed by atoms with van der Waals surface area (Å²) in [4.78, 5) is 2.24. The minimum atomic E-state index is 0.502. The molecule has 0 fully saturated rings. The molecule has 1 rings (SSSR count). The van der Waals surface area contributed by atoms with E-state index in [0.29, 0.717) is 11.8 Å². The van der Waals surface area contributed by atoms with Crippen molar-refractivity contribution in [3.05, 3.63) is 28.8 Å². The molecule has 0 saturated heterocycles. The number of hydrogen-bond acceptors (Lipinski definition) is 1. The van der Waals surface area contributed by atoms with E-state index in [1.54, 1.807) is 0 Å². The Morgan fingerprint density at radius 1 is 1.31 bits per heavy atom. The van der Waals surface area contributed by atoms with Gasteiger partial charge in [0.05, 0.1) is 0 Å². The minimum Gasteiger partial charge on any atom is -0.374 e. The molecule has 0 radical (unpaired) electrons. The summed E-state index contributed by atoms with van der Waals surface area (Å²) in [5.41, 5.74) is 2.28. The number of rotatable bonds is 5. The third-order valence-electron chi connectivity index (χ3n) is 2.64. The van der Waals surface area contributed by atoms with E-state index in [-0.39, 0.29) is 0 Å². The van der Waals surface area contributed by atoms with Crippen LogP contribution in [0.15, 0.2) is 18.2 Å². The van der Waals surface area contributed by atoms with Crippen LogP contribution in [0.25, 0.3) is 0 Å². The molecule has 0 heterocycles. The van der Waals surface area contributed by atoms with E-state index in [2.05, 4.69) is 25.8 Å². The Morgan fingerprint density at radius 2 is 2.00 bits per heavy atom. The number of alkyl halides is 1. The molecule has 0 atom stereocenters. The van der Waals surface area contributed by atoms with Crippen LogP contribution in [-0.4, -0.2) is 13.6 Å². The molecule has 1 aromatic rings. The van der Waals surface area contributed by atoms with E-state index < -0.39 is 0 Å². The molecule has 0 saturated carbocycles. The van der Waals surface area contributed by atoms with E-state index in [4.69, 9.17) is 23.2 Å². The second-order valence-electron chi connectivity index (χ2n) is 4.51. The van der Waals surface area contributed by atoms with Gasteiger partial charge in [-0.3, -0.25) is 0 Å². The topological polar surface area (TPSA) is 3.24 Å². The summed E-state index contributed by atoms with van der Waals surface area (Å²) in [6.45, 7) is 5.51. The van der Waals surface area contributed by atoms with Crippen molar-refractivity contribution in [3.8, 4) is 0 Å². The Hall–Kier alpha value is -0.400. The molecule has 0 unspecified atom stereocenters. The monoisotopic (exact) mass is 259 g/mol. The molecule has 1 nitrogen and oxygen atoms in total. The quantitative estimate of drug-likeness (QED) is 0.701. The van der Waals surface area contributed by atoms with Crippen molar-refractivity contribution in [2.45, 2.75) is 26.1 Å². The molecule has 0 spiro atoms. The third kappa shape index (κ3) is 3.88. The second-order valence-corrected chi connectivity index (χ2v) is 5.21. The van der Waals surface area contributed by atoms with Gasteiger partial charge in [-0.1, -0.05) is 25.4 Å². The second kappa shape index (κ2) is 6.36. The summed E-state index contributed by atoms with van der Waals surface area (Å²) in [6.07, 6.45) is 1.18. The van der Waals surface area contributed by atoms with Gasteiger partial charge >= 0.3 is 0 Å². The van der Waals surface area contributed by atoms with Crippen molar-refractivity contribution in [1.82, 2.24) is 0 Å². The predicted octanol–water partition coefficient (Wildman–Crippen LogP) is 4.56. The van der Waals surface area contributed by atoms with Gasteiger partial charge in [0.15, 0.2) is 0 Å². The zero-order chi connectivity index (χ0) is 12.1. The summed E-state index contributed by atoms with van der Waals surface area (Å²) < 4.78 is 0.